The Hall–Kier alpha value is 0.210. The zero-order valence-electron chi connectivity index (χ0n) is 13.2. The molecule has 0 amide bonds. The van der Waals surface area contributed by atoms with E-state index in [-0.39, 0.29) is 18.8 Å². The molecule has 9 atom stereocenters. The number of alkyl halides is 2. The number of fused-ring (bicyclic) bond motifs is 9. The average Bonchev–Trinajstić information content (AvgIpc) is 3.22. The summed E-state index contributed by atoms with van der Waals surface area (Å²) in [6.07, 6.45) is 6.66. The summed E-state index contributed by atoms with van der Waals surface area (Å²) in [7, 11) is 0. The van der Waals surface area contributed by atoms with Gasteiger partial charge in [-0.05, 0) is 80.5 Å². The molecule has 0 radical (unpaired) electrons. The highest BCUT2D eigenvalue weighted by Gasteiger charge is 2.68. The Bertz CT molecular complexity index is 437. The van der Waals surface area contributed by atoms with Gasteiger partial charge in [0.15, 0.2) is 10.7 Å². The van der Waals surface area contributed by atoms with Gasteiger partial charge in [-0.25, -0.2) is 8.78 Å². The molecular weight excluding hydrogens is 286 g/mol. The van der Waals surface area contributed by atoms with Gasteiger partial charge in [0, 0.05) is 5.92 Å². The second-order valence-corrected chi connectivity index (χ2v) is 9.03. The molecule has 120 valence electrons. The first-order valence-electron chi connectivity index (χ1n) is 9.03. The number of hydrogen-bond acceptors (Lipinski definition) is 1. The fraction of sp³-hybridized carbons (Fsp3) is 1.00. The van der Waals surface area contributed by atoms with Gasteiger partial charge in [0.2, 0.25) is 0 Å². The van der Waals surface area contributed by atoms with Crippen LogP contribution < -0.4 is 0 Å². The molecule has 4 aliphatic carbocycles. The first kappa shape index (κ1) is 14.8. The SMILES string of the molecule is CCC(F)(S)C(F)(CC)C1CC2CC1C1C3CCC(C3)C21. The van der Waals surface area contributed by atoms with Gasteiger partial charge in [0.05, 0.1) is 0 Å². The molecular formula is C18H28F2S. The summed E-state index contributed by atoms with van der Waals surface area (Å²) >= 11 is 4.13. The Morgan fingerprint density at radius 2 is 1.57 bits per heavy atom. The Morgan fingerprint density at radius 3 is 2.19 bits per heavy atom. The number of hydrogen-bond donors (Lipinski definition) is 1. The van der Waals surface area contributed by atoms with Crippen LogP contribution >= 0.6 is 12.6 Å². The van der Waals surface area contributed by atoms with E-state index in [2.05, 4.69) is 12.6 Å². The molecule has 0 heterocycles. The van der Waals surface area contributed by atoms with Gasteiger partial charge >= 0.3 is 0 Å². The molecule has 0 aromatic carbocycles. The summed E-state index contributed by atoms with van der Waals surface area (Å²) < 4.78 is 30.6. The highest BCUT2D eigenvalue weighted by atomic mass is 32.1. The first-order chi connectivity index (χ1) is 9.93. The number of halogens is 2. The largest absolute Gasteiger partial charge is 0.239 e. The van der Waals surface area contributed by atoms with Gasteiger partial charge in [-0.1, -0.05) is 13.8 Å². The summed E-state index contributed by atoms with van der Waals surface area (Å²) in [5.41, 5.74) is -1.74. The molecule has 0 aromatic rings. The van der Waals surface area contributed by atoms with Crippen molar-refractivity contribution >= 4 is 12.6 Å². The zero-order valence-corrected chi connectivity index (χ0v) is 14.1. The molecule has 21 heavy (non-hydrogen) atoms. The minimum atomic E-state index is -1.97. The Balaban J connectivity index is 1.64. The van der Waals surface area contributed by atoms with E-state index in [1.165, 1.54) is 25.7 Å². The lowest BCUT2D eigenvalue weighted by molar-refractivity contribution is -0.0719. The van der Waals surface area contributed by atoms with E-state index >= 15 is 4.39 Å². The van der Waals surface area contributed by atoms with E-state index in [4.69, 9.17) is 0 Å². The van der Waals surface area contributed by atoms with Crippen LogP contribution in [0.25, 0.3) is 0 Å². The van der Waals surface area contributed by atoms with Crippen molar-refractivity contribution < 1.29 is 8.78 Å². The smallest absolute Gasteiger partial charge is 0.187 e. The average molecular weight is 314 g/mol. The normalized spacial score (nSPS) is 52.7. The summed E-state index contributed by atoms with van der Waals surface area (Å²) in [6, 6.07) is 0. The van der Waals surface area contributed by atoms with Crippen molar-refractivity contribution in [1.82, 2.24) is 0 Å². The van der Waals surface area contributed by atoms with Gasteiger partial charge < -0.3 is 0 Å². The Kier molecular flexibility index (Phi) is 3.25. The topological polar surface area (TPSA) is 0 Å². The standard InChI is InChI=1S/C18H28F2S/c1-3-17(19,18(20,21)4-2)14-9-12-8-13(14)16-11-6-5-10(7-11)15(12)16/h10-16,21H,3-9H2,1-2H3. The van der Waals surface area contributed by atoms with Gasteiger partial charge in [0.25, 0.3) is 0 Å². The highest BCUT2D eigenvalue weighted by Crippen LogP contribution is 2.71. The van der Waals surface area contributed by atoms with Crippen LogP contribution in [0.2, 0.25) is 0 Å². The van der Waals surface area contributed by atoms with E-state index in [1.807, 2.05) is 6.92 Å². The first-order valence-corrected chi connectivity index (χ1v) is 9.47. The van der Waals surface area contributed by atoms with Crippen molar-refractivity contribution in [2.75, 3.05) is 0 Å². The lowest BCUT2D eigenvalue weighted by atomic mass is 9.62. The minimum Gasteiger partial charge on any atom is -0.239 e. The van der Waals surface area contributed by atoms with Crippen molar-refractivity contribution in [1.29, 1.82) is 0 Å². The molecule has 4 bridgehead atoms. The molecule has 3 heteroatoms. The molecule has 0 saturated heterocycles. The fourth-order valence-electron chi connectivity index (χ4n) is 7.20. The number of rotatable bonds is 4. The predicted octanol–water partition coefficient (Wildman–Crippen LogP) is 5.43. The monoisotopic (exact) mass is 314 g/mol. The van der Waals surface area contributed by atoms with Crippen molar-refractivity contribution in [2.24, 2.45) is 41.4 Å². The molecule has 0 aromatic heterocycles. The molecule has 0 nitrogen and oxygen atoms in total. The van der Waals surface area contributed by atoms with E-state index in [0.717, 1.165) is 30.1 Å². The highest BCUT2D eigenvalue weighted by molar-refractivity contribution is 7.81. The molecule has 4 aliphatic rings. The maximum absolute atomic E-state index is 15.7. The molecule has 4 rings (SSSR count). The van der Waals surface area contributed by atoms with E-state index in [1.54, 1.807) is 6.92 Å². The van der Waals surface area contributed by atoms with Crippen LogP contribution in [-0.4, -0.2) is 10.7 Å². The van der Waals surface area contributed by atoms with Crippen LogP contribution in [0.1, 0.15) is 58.8 Å². The van der Waals surface area contributed by atoms with Crippen LogP contribution in [0.15, 0.2) is 0 Å². The van der Waals surface area contributed by atoms with Gasteiger partial charge in [-0.3, -0.25) is 0 Å². The number of thiol groups is 1. The van der Waals surface area contributed by atoms with E-state index in [9.17, 15) is 4.39 Å². The van der Waals surface area contributed by atoms with Crippen molar-refractivity contribution in [3.8, 4) is 0 Å². The molecule has 0 aliphatic heterocycles. The van der Waals surface area contributed by atoms with E-state index < -0.39 is 10.7 Å². The van der Waals surface area contributed by atoms with Crippen LogP contribution in [-0.2, 0) is 0 Å². The van der Waals surface area contributed by atoms with Crippen molar-refractivity contribution in [3.63, 3.8) is 0 Å². The zero-order chi connectivity index (χ0) is 15.0. The second-order valence-electron chi connectivity index (χ2n) is 8.32. The van der Waals surface area contributed by atoms with Crippen LogP contribution in [0, 0.1) is 41.4 Å². The molecule has 4 saturated carbocycles. The second kappa shape index (κ2) is 4.61. The maximum atomic E-state index is 15.7. The molecule has 0 spiro atoms. The molecule has 0 N–H and O–H groups in total. The van der Waals surface area contributed by atoms with Gasteiger partial charge in [-0.2, -0.15) is 0 Å². The van der Waals surface area contributed by atoms with Crippen molar-refractivity contribution in [2.45, 2.75) is 69.5 Å². The van der Waals surface area contributed by atoms with E-state index in [0.29, 0.717) is 11.8 Å². The Labute approximate surface area is 132 Å². The lowest BCUT2D eigenvalue weighted by Crippen LogP contribution is -2.52. The summed E-state index contributed by atoms with van der Waals surface area (Å²) in [5.74, 6) is 4.36. The summed E-state index contributed by atoms with van der Waals surface area (Å²) in [4.78, 5) is 0. The molecule has 9 unspecified atom stereocenters. The predicted molar refractivity (Wildman–Crippen MR) is 84.8 cm³/mol. The minimum absolute atomic E-state index is 0.0875. The van der Waals surface area contributed by atoms with Crippen LogP contribution in [0.4, 0.5) is 8.78 Å². The maximum Gasteiger partial charge on any atom is 0.187 e. The van der Waals surface area contributed by atoms with Crippen LogP contribution in [0.3, 0.4) is 0 Å². The third-order valence-electron chi connectivity index (χ3n) is 7.94. The summed E-state index contributed by atoms with van der Waals surface area (Å²) in [6.45, 7) is 3.54. The quantitative estimate of drug-likeness (QED) is 0.519. The third-order valence-corrected chi connectivity index (χ3v) is 8.63. The van der Waals surface area contributed by atoms with Crippen molar-refractivity contribution in [3.05, 3.63) is 0 Å². The van der Waals surface area contributed by atoms with Crippen LogP contribution in [0.5, 0.6) is 0 Å². The fourth-order valence-corrected chi connectivity index (χ4v) is 7.53. The third kappa shape index (κ3) is 1.73. The van der Waals surface area contributed by atoms with Gasteiger partial charge in [-0.15, -0.1) is 12.6 Å². The Morgan fingerprint density at radius 1 is 0.905 bits per heavy atom. The van der Waals surface area contributed by atoms with Gasteiger partial charge in [0.1, 0.15) is 0 Å². The molecule has 4 fully saturated rings. The lowest BCUT2D eigenvalue weighted by Gasteiger charge is -2.47. The summed E-state index contributed by atoms with van der Waals surface area (Å²) in [5, 5.41) is -1.97.